The van der Waals surface area contributed by atoms with Gasteiger partial charge in [0.1, 0.15) is 36.6 Å². The van der Waals surface area contributed by atoms with Gasteiger partial charge in [-0.1, -0.05) is 205 Å². The van der Waals surface area contributed by atoms with Gasteiger partial charge in [-0.15, -0.1) is 0 Å². The molecule has 0 aliphatic carbocycles. The van der Waals surface area contributed by atoms with Crippen molar-refractivity contribution in [3.05, 3.63) is 24.3 Å². The first-order valence-corrected chi connectivity index (χ1v) is 26.2. The maximum atomic E-state index is 13.0. The van der Waals surface area contributed by atoms with Crippen molar-refractivity contribution in [2.75, 3.05) is 13.2 Å². The van der Waals surface area contributed by atoms with E-state index in [1.807, 2.05) is 0 Å². The Morgan fingerprint density at radius 3 is 1.41 bits per heavy atom. The van der Waals surface area contributed by atoms with E-state index in [1.165, 1.54) is 148 Å². The van der Waals surface area contributed by atoms with E-state index in [2.05, 4.69) is 43.5 Å². The first kappa shape index (κ1) is 59.6. The molecule has 1 fully saturated rings. The van der Waals surface area contributed by atoms with E-state index in [9.17, 15) is 40.5 Å². The molecule has 1 heterocycles. The van der Waals surface area contributed by atoms with E-state index in [0.29, 0.717) is 19.3 Å². The zero-order valence-corrected chi connectivity index (χ0v) is 40.3. The predicted octanol–water partition coefficient (Wildman–Crippen LogP) is 9.79. The Morgan fingerprint density at radius 2 is 0.952 bits per heavy atom. The number of nitrogens with one attached hydrogen (secondary N) is 1. The molecule has 11 nitrogen and oxygen atoms in total. The zero-order valence-electron chi connectivity index (χ0n) is 40.3. The fourth-order valence-electron chi connectivity index (χ4n) is 8.40. The van der Waals surface area contributed by atoms with Crippen LogP contribution in [0.1, 0.15) is 232 Å². The summed E-state index contributed by atoms with van der Waals surface area (Å²) in [6, 6.07) is -1.19. The van der Waals surface area contributed by atoms with Gasteiger partial charge in [0.15, 0.2) is 6.29 Å². The lowest BCUT2D eigenvalue weighted by molar-refractivity contribution is -0.303. The predicted molar refractivity (Wildman–Crippen MR) is 256 cm³/mol. The van der Waals surface area contributed by atoms with Gasteiger partial charge in [0, 0.05) is 0 Å². The van der Waals surface area contributed by atoms with Gasteiger partial charge >= 0.3 is 0 Å². The molecular weight excluding hydrogens is 799 g/mol. The second-order valence-corrected chi connectivity index (χ2v) is 18.6. The molecule has 9 unspecified atom stereocenters. The number of carbonyl (C=O) groups excluding carboxylic acids is 1. The molecule has 372 valence electrons. The van der Waals surface area contributed by atoms with Crippen LogP contribution in [-0.2, 0) is 14.3 Å². The molecule has 0 aromatic heterocycles. The Hall–Kier alpha value is -1.41. The van der Waals surface area contributed by atoms with Crippen LogP contribution in [-0.4, -0.2) is 110 Å². The van der Waals surface area contributed by atoms with Crippen molar-refractivity contribution < 1.29 is 50.0 Å². The summed E-state index contributed by atoms with van der Waals surface area (Å²) in [5.74, 6) is -0.714. The topological polar surface area (TPSA) is 189 Å². The smallest absolute Gasteiger partial charge is 0.249 e. The molecule has 1 saturated heterocycles. The van der Waals surface area contributed by atoms with Crippen LogP contribution in [0.15, 0.2) is 24.3 Å². The van der Waals surface area contributed by atoms with Crippen LogP contribution in [0.25, 0.3) is 0 Å². The van der Waals surface area contributed by atoms with Crippen LogP contribution in [0.4, 0.5) is 0 Å². The molecule has 0 aromatic rings. The fraction of sp³-hybridized carbons (Fsp3) is 0.904. The molecule has 0 aromatic carbocycles. The van der Waals surface area contributed by atoms with Crippen LogP contribution in [0, 0.1) is 0 Å². The highest BCUT2D eigenvalue weighted by Gasteiger charge is 2.44. The maximum Gasteiger partial charge on any atom is 0.249 e. The molecule has 1 amide bonds. The molecule has 8 N–H and O–H groups in total. The van der Waals surface area contributed by atoms with E-state index in [1.54, 1.807) is 0 Å². The number of amides is 1. The summed E-state index contributed by atoms with van der Waals surface area (Å²) >= 11 is 0. The number of rotatable bonds is 44. The van der Waals surface area contributed by atoms with Crippen LogP contribution >= 0.6 is 0 Å². The van der Waals surface area contributed by atoms with Crippen molar-refractivity contribution in [2.45, 2.75) is 287 Å². The number of ether oxygens (including phenoxy) is 2. The van der Waals surface area contributed by atoms with Crippen molar-refractivity contribution in [3.8, 4) is 0 Å². The van der Waals surface area contributed by atoms with Gasteiger partial charge in [0.2, 0.25) is 5.91 Å². The summed E-state index contributed by atoms with van der Waals surface area (Å²) < 4.78 is 11.1. The van der Waals surface area contributed by atoms with E-state index in [-0.39, 0.29) is 12.8 Å². The quantitative estimate of drug-likeness (QED) is 0.0216. The molecule has 1 aliphatic heterocycles. The summed E-state index contributed by atoms with van der Waals surface area (Å²) in [6.07, 6.45) is 37.1. The average Bonchev–Trinajstić information content (AvgIpc) is 3.28. The third kappa shape index (κ3) is 31.2. The third-order valence-electron chi connectivity index (χ3n) is 12.7. The minimum absolute atomic E-state index is 0.248. The molecule has 0 bridgehead atoms. The van der Waals surface area contributed by atoms with Gasteiger partial charge in [0.05, 0.1) is 25.4 Å². The van der Waals surface area contributed by atoms with Crippen molar-refractivity contribution in [1.29, 1.82) is 0 Å². The molecule has 0 spiro atoms. The SMILES string of the molecule is CCCCCCCCCCCCCCCCCCCCC/C=C/CC/C=C/CCCC(O)C(O)C(COC1OC(CO)C(O)C(O)C1O)NC(=O)C(O)CCCCCCCCCC. The summed E-state index contributed by atoms with van der Waals surface area (Å²) in [5.41, 5.74) is 0. The van der Waals surface area contributed by atoms with Gasteiger partial charge in [0.25, 0.3) is 0 Å². The standard InChI is InChI=1S/C52H99NO10/c1-3-5-7-9-11-13-14-15-16-17-18-19-20-21-22-23-24-25-26-27-28-29-30-31-32-34-35-37-39-44(55)47(57)43(42-62-52-50(60)49(59)48(58)46(41-54)63-52)53-51(61)45(56)40-38-36-33-12-10-8-6-4-2/h28-29,32,34,43-50,52,54-60H,3-27,30-31,33,35-42H2,1-2H3,(H,53,61)/b29-28+,34-32+. The highest BCUT2D eigenvalue weighted by atomic mass is 16.7. The summed E-state index contributed by atoms with van der Waals surface area (Å²) in [7, 11) is 0. The van der Waals surface area contributed by atoms with E-state index in [0.717, 1.165) is 38.5 Å². The third-order valence-corrected chi connectivity index (χ3v) is 12.7. The van der Waals surface area contributed by atoms with Crippen LogP contribution in [0.5, 0.6) is 0 Å². The molecule has 11 heteroatoms. The molecule has 1 aliphatic rings. The number of aliphatic hydroxyl groups excluding tert-OH is 7. The second-order valence-electron chi connectivity index (χ2n) is 18.6. The molecule has 63 heavy (non-hydrogen) atoms. The minimum atomic E-state index is -1.67. The number of aliphatic hydroxyl groups is 7. The van der Waals surface area contributed by atoms with Gasteiger partial charge in [-0.25, -0.2) is 0 Å². The van der Waals surface area contributed by atoms with E-state index < -0.39 is 74.2 Å². The van der Waals surface area contributed by atoms with Crippen molar-refractivity contribution >= 4 is 5.91 Å². The molecule has 1 rings (SSSR count). The van der Waals surface area contributed by atoms with Crippen LogP contribution < -0.4 is 5.32 Å². The number of unbranched alkanes of at least 4 members (excludes halogenated alkanes) is 28. The highest BCUT2D eigenvalue weighted by molar-refractivity contribution is 5.80. The number of allylic oxidation sites excluding steroid dienone is 4. The Bertz CT molecular complexity index is 1080. The number of carbonyl (C=O) groups is 1. The molecule has 0 saturated carbocycles. The summed E-state index contributed by atoms with van der Waals surface area (Å²) in [4.78, 5) is 13.0. The van der Waals surface area contributed by atoms with Gasteiger partial charge < -0.3 is 50.5 Å². The minimum Gasteiger partial charge on any atom is -0.394 e. The van der Waals surface area contributed by atoms with E-state index in [4.69, 9.17) is 9.47 Å². The highest BCUT2D eigenvalue weighted by Crippen LogP contribution is 2.23. The van der Waals surface area contributed by atoms with Gasteiger partial charge in [-0.05, 0) is 51.4 Å². The van der Waals surface area contributed by atoms with Crippen molar-refractivity contribution in [3.63, 3.8) is 0 Å². The first-order valence-electron chi connectivity index (χ1n) is 26.2. The largest absolute Gasteiger partial charge is 0.394 e. The molecule has 0 radical (unpaired) electrons. The lowest BCUT2D eigenvalue weighted by Gasteiger charge is -2.40. The normalized spacial score (nSPS) is 21.3. The van der Waals surface area contributed by atoms with Crippen LogP contribution in [0.3, 0.4) is 0 Å². The maximum absolute atomic E-state index is 13.0. The zero-order chi connectivity index (χ0) is 46.2. The summed E-state index contributed by atoms with van der Waals surface area (Å²) in [6.45, 7) is 3.39. The first-order chi connectivity index (χ1) is 30.7. The lowest BCUT2D eigenvalue weighted by Crippen LogP contribution is -2.60. The fourth-order valence-corrected chi connectivity index (χ4v) is 8.40. The number of hydrogen-bond donors (Lipinski definition) is 8. The van der Waals surface area contributed by atoms with Gasteiger partial charge in [-0.3, -0.25) is 4.79 Å². The molecular formula is C52H99NO10. The van der Waals surface area contributed by atoms with E-state index >= 15 is 0 Å². The summed E-state index contributed by atoms with van der Waals surface area (Å²) in [5, 5.41) is 75.5. The Kier molecular flexibility index (Phi) is 39.7. The van der Waals surface area contributed by atoms with Gasteiger partial charge in [-0.2, -0.15) is 0 Å². The number of hydrogen-bond acceptors (Lipinski definition) is 10. The average molecular weight is 898 g/mol. The lowest BCUT2D eigenvalue weighted by atomic mass is 9.98. The molecule has 9 atom stereocenters. The van der Waals surface area contributed by atoms with Crippen molar-refractivity contribution in [2.24, 2.45) is 0 Å². The van der Waals surface area contributed by atoms with Crippen LogP contribution in [0.2, 0.25) is 0 Å². The Balaban J connectivity index is 2.28. The monoisotopic (exact) mass is 898 g/mol. The Labute approximate surface area is 384 Å². The second kappa shape index (κ2) is 42.0. The Morgan fingerprint density at radius 1 is 0.540 bits per heavy atom. The van der Waals surface area contributed by atoms with Crippen molar-refractivity contribution in [1.82, 2.24) is 5.32 Å².